The van der Waals surface area contributed by atoms with Crippen LogP contribution in [0.5, 0.6) is 0 Å². The van der Waals surface area contributed by atoms with Gasteiger partial charge in [-0.25, -0.2) is 0 Å². The zero-order valence-electron chi connectivity index (χ0n) is 8.61. The van der Waals surface area contributed by atoms with Crippen molar-refractivity contribution in [1.29, 1.82) is 0 Å². The smallest absolute Gasteiger partial charge is 0.0700 e. The summed E-state index contributed by atoms with van der Waals surface area (Å²) in [6, 6.07) is 4.12. The van der Waals surface area contributed by atoms with Crippen molar-refractivity contribution in [2.24, 2.45) is 0 Å². The van der Waals surface area contributed by atoms with Crippen molar-refractivity contribution < 1.29 is 4.74 Å². The first-order valence-corrected chi connectivity index (χ1v) is 5.19. The van der Waals surface area contributed by atoms with E-state index in [0.29, 0.717) is 0 Å². The first kappa shape index (κ1) is 11.2. The summed E-state index contributed by atoms with van der Waals surface area (Å²) in [7, 11) is 3.34. The Labute approximate surface area is 86.3 Å². The van der Waals surface area contributed by atoms with Crippen molar-refractivity contribution in [2.45, 2.75) is 32.1 Å². The molecule has 1 heterocycles. The van der Waals surface area contributed by atoms with Gasteiger partial charge in [-0.05, 0) is 30.9 Å². The molecule has 0 bridgehead atoms. The van der Waals surface area contributed by atoms with Gasteiger partial charge < -0.3 is 4.74 Å². The summed E-state index contributed by atoms with van der Waals surface area (Å²) in [5.41, 5.74) is 1.33. The van der Waals surface area contributed by atoms with Crippen LogP contribution in [-0.2, 0) is 11.2 Å². The molecule has 14 heavy (non-hydrogen) atoms. The van der Waals surface area contributed by atoms with Gasteiger partial charge in [0.05, 0.1) is 7.11 Å². The fraction of sp³-hybridized carbons (Fsp3) is 0.500. The molecule has 0 saturated heterocycles. The Balaban J connectivity index is 1.99. The minimum absolute atomic E-state index is 0.785. The van der Waals surface area contributed by atoms with Gasteiger partial charge in [-0.3, -0.25) is 4.98 Å². The number of rotatable bonds is 7. The van der Waals surface area contributed by atoms with Crippen LogP contribution >= 0.6 is 0 Å². The van der Waals surface area contributed by atoms with Gasteiger partial charge in [-0.1, -0.05) is 18.9 Å². The van der Waals surface area contributed by atoms with Crippen LogP contribution in [0.1, 0.15) is 31.2 Å². The standard InChI is InChI=1S/C12H18NO/c1-14-10-5-3-2-4-7-12-8-6-9-13-11-12/h6,8-9,11H,1-5,7,10H2. The predicted octanol–water partition coefficient (Wildman–Crippen LogP) is 2.99. The Hall–Kier alpha value is -0.890. The summed E-state index contributed by atoms with van der Waals surface area (Å²) in [6.45, 7) is 0.785. The quantitative estimate of drug-likeness (QED) is 0.619. The highest BCUT2D eigenvalue weighted by Crippen LogP contribution is 2.06. The van der Waals surface area contributed by atoms with Crippen LogP contribution in [0.15, 0.2) is 24.5 Å². The maximum atomic E-state index is 4.75. The highest BCUT2D eigenvalue weighted by Gasteiger charge is 1.93. The van der Waals surface area contributed by atoms with Crippen molar-refractivity contribution in [3.8, 4) is 0 Å². The minimum atomic E-state index is 0.785. The average molecular weight is 192 g/mol. The Morgan fingerprint density at radius 1 is 1.21 bits per heavy atom. The second kappa shape index (κ2) is 7.51. The summed E-state index contributed by atoms with van der Waals surface area (Å²) >= 11 is 0. The third-order valence-electron chi connectivity index (χ3n) is 2.23. The second-order valence-electron chi connectivity index (χ2n) is 3.43. The van der Waals surface area contributed by atoms with Gasteiger partial charge >= 0.3 is 0 Å². The molecule has 2 heteroatoms. The summed E-state index contributed by atoms with van der Waals surface area (Å²) in [5.74, 6) is 0. The number of hydrogen-bond donors (Lipinski definition) is 0. The SMILES string of the molecule is [CH2]OCCCCCCc1cccnc1. The Bertz CT molecular complexity index is 223. The Kier molecular flexibility index (Phi) is 6.00. The van der Waals surface area contributed by atoms with Crippen LogP contribution < -0.4 is 0 Å². The highest BCUT2D eigenvalue weighted by molar-refractivity contribution is 5.08. The molecule has 2 nitrogen and oxygen atoms in total. The van der Waals surface area contributed by atoms with E-state index >= 15 is 0 Å². The number of hydrogen-bond acceptors (Lipinski definition) is 2. The summed E-state index contributed by atoms with van der Waals surface area (Å²) in [5, 5.41) is 0. The van der Waals surface area contributed by atoms with Crippen LogP contribution in [-0.4, -0.2) is 11.6 Å². The fourth-order valence-corrected chi connectivity index (χ4v) is 1.43. The molecular formula is C12H18NO. The zero-order valence-corrected chi connectivity index (χ0v) is 8.61. The predicted molar refractivity (Wildman–Crippen MR) is 57.7 cm³/mol. The number of pyridine rings is 1. The molecule has 77 valence electrons. The lowest BCUT2D eigenvalue weighted by Crippen LogP contribution is -1.89. The molecule has 0 fully saturated rings. The van der Waals surface area contributed by atoms with E-state index in [-0.39, 0.29) is 0 Å². The van der Waals surface area contributed by atoms with Crippen LogP contribution in [0.2, 0.25) is 0 Å². The van der Waals surface area contributed by atoms with Crippen molar-refractivity contribution >= 4 is 0 Å². The molecule has 0 atom stereocenters. The monoisotopic (exact) mass is 192 g/mol. The summed E-state index contributed by atoms with van der Waals surface area (Å²) in [4.78, 5) is 4.08. The van der Waals surface area contributed by atoms with Gasteiger partial charge in [0.1, 0.15) is 0 Å². The van der Waals surface area contributed by atoms with E-state index in [0.717, 1.165) is 19.4 Å². The first-order chi connectivity index (χ1) is 6.93. The van der Waals surface area contributed by atoms with Crippen LogP contribution in [0, 0.1) is 7.11 Å². The molecule has 1 aromatic rings. The molecule has 0 N–H and O–H groups in total. The maximum Gasteiger partial charge on any atom is 0.0700 e. The van der Waals surface area contributed by atoms with Gasteiger partial charge in [0.15, 0.2) is 0 Å². The van der Waals surface area contributed by atoms with Crippen LogP contribution in [0.4, 0.5) is 0 Å². The van der Waals surface area contributed by atoms with Crippen LogP contribution in [0.25, 0.3) is 0 Å². The number of unbranched alkanes of at least 4 members (excludes halogenated alkanes) is 3. The first-order valence-electron chi connectivity index (χ1n) is 5.19. The van der Waals surface area contributed by atoms with Gasteiger partial charge in [-0.15, -0.1) is 0 Å². The molecule has 0 aliphatic carbocycles. The molecule has 1 rings (SSSR count). The molecule has 0 unspecified atom stereocenters. The lowest BCUT2D eigenvalue weighted by molar-refractivity contribution is 0.233. The second-order valence-corrected chi connectivity index (χ2v) is 3.43. The lowest BCUT2D eigenvalue weighted by atomic mass is 10.1. The van der Waals surface area contributed by atoms with Crippen molar-refractivity contribution in [3.05, 3.63) is 37.2 Å². The fourth-order valence-electron chi connectivity index (χ4n) is 1.43. The van der Waals surface area contributed by atoms with Crippen molar-refractivity contribution in [2.75, 3.05) is 6.61 Å². The molecular weight excluding hydrogens is 174 g/mol. The topological polar surface area (TPSA) is 22.1 Å². The highest BCUT2D eigenvalue weighted by atomic mass is 16.5. The number of nitrogens with zero attached hydrogens (tertiary/aromatic N) is 1. The maximum absolute atomic E-state index is 4.75. The average Bonchev–Trinajstić information content (AvgIpc) is 2.25. The molecule has 1 aromatic heterocycles. The van der Waals surface area contributed by atoms with Gasteiger partial charge in [0.2, 0.25) is 0 Å². The van der Waals surface area contributed by atoms with E-state index in [2.05, 4.69) is 18.2 Å². The van der Waals surface area contributed by atoms with E-state index in [1.165, 1.54) is 24.8 Å². The van der Waals surface area contributed by atoms with E-state index in [4.69, 9.17) is 4.74 Å². The number of aryl methyl sites for hydroxylation is 1. The van der Waals surface area contributed by atoms with Crippen molar-refractivity contribution in [1.82, 2.24) is 4.98 Å². The normalized spacial score (nSPS) is 10.4. The molecule has 0 amide bonds. The lowest BCUT2D eigenvalue weighted by Gasteiger charge is -2.01. The third kappa shape index (κ3) is 4.97. The summed E-state index contributed by atoms with van der Waals surface area (Å²) in [6.07, 6.45) is 9.75. The molecule has 0 aliphatic rings. The third-order valence-corrected chi connectivity index (χ3v) is 2.23. The molecule has 0 aliphatic heterocycles. The Morgan fingerprint density at radius 2 is 2.07 bits per heavy atom. The van der Waals surface area contributed by atoms with E-state index < -0.39 is 0 Å². The Morgan fingerprint density at radius 3 is 2.79 bits per heavy atom. The van der Waals surface area contributed by atoms with Crippen molar-refractivity contribution in [3.63, 3.8) is 0 Å². The molecule has 1 radical (unpaired) electrons. The van der Waals surface area contributed by atoms with E-state index in [1.54, 1.807) is 0 Å². The molecule has 0 saturated carbocycles. The van der Waals surface area contributed by atoms with Gasteiger partial charge in [0, 0.05) is 19.0 Å². The largest absolute Gasteiger partial charge is 0.379 e. The van der Waals surface area contributed by atoms with Crippen LogP contribution in [0.3, 0.4) is 0 Å². The van der Waals surface area contributed by atoms with E-state index in [1.807, 2.05) is 18.5 Å². The van der Waals surface area contributed by atoms with Gasteiger partial charge in [-0.2, -0.15) is 0 Å². The molecule has 0 spiro atoms. The summed E-state index contributed by atoms with van der Waals surface area (Å²) < 4.78 is 4.75. The van der Waals surface area contributed by atoms with Gasteiger partial charge in [0.25, 0.3) is 0 Å². The van der Waals surface area contributed by atoms with E-state index in [9.17, 15) is 0 Å². The zero-order chi connectivity index (χ0) is 10.1. The number of ether oxygens (including phenoxy) is 1. The number of aromatic nitrogens is 1. The molecule has 0 aromatic carbocycles. The minimum Gasteiger partial charge on any atom is -0.379 e.